The van der Waals surface area contributed by atoms with Crippen LogP contribution < -0.4 is 10.1 Å². The van der Waals surface area contributed by atoms with Crippen molar-refractivity contribution in [1.82, 2.24) is 5.32 Å². The molecule has 0 radical (unpaired) electrons. The van der Waals surface area contributed by atoms with E-state index in [-0.39, 0.29) is 12.0 Å². The van der Waals surface area contributed by atoms with Crippen LogP contribution in [0.15, 0.2) is 24.3 Å². The molecule has 0 aliphatic carbocycles. The van der Waals surface area contributed by atoms with Crippen molar-refractivity contribution in [3.05, 3.63) is 29.8 Å². The van der Waals surface area contributed by atoms with Gasteiger partial charge in [0.15, 0.2) is 0 Å². The Morgan fingerprint density at radius 3 is 2.22 bits per heavy atom. The fourth-order valence-electron chi connectivity index (χ4n) is 1.83. The summed E-state index contributed by atoms with van der Waals surface area (Å²) < 4.78 is 9.88. The zero-order chi connectivity index (χ0) is 13.8. The molecule has 18 heavy (non-hydrogen) atoms. The third-order valence-electron chi connectivity index (χ3n) is 2.89. The molecule has 0 saturated carbocycles. The number of carbonyl (C=O) groups excluding carboxylic acids is 1. The molecule has 4 heteroatoms. The van der Waals surface area contributed by atoms with Gasteiger partial charge in [-0.1, -0.05) is 12.1 Å². The first-order valence-corrected chi connectivity index (χ1v) is 5.90. The highest BCUT2D eigenvalue weighted by molar-refractivity contribution is 5.79. The summed E-state index contributed by atoms with van der Waals surface area (Å²) in [7, 11) is 3.03. The average Bonchev–Trinajstić information content (AvgIpc) is 2.37. The number of esters is 1. The minimum Gasteiger partial charge on any atom is -0.497 e. The molecule has 1 unspecified atom stereocenters. The topological polar surface area (TPSA) is 47.6 Å². The minimum atomic E-state index is -0.714. The molecule has 4 nitrogen and oxygen atoms in total. The van der Waals surface area contributed by atoms with Gasteiger partial charge in [-0.15, -0.1) is 0 Å². The summed E-state index contributed by atoms with van der Waals surface area (Å²) in [6, 6.07) is 7.80. The summed E-state index contributed by atoms with van der Waals surface area (Å²) >= 11 is 0. The Bertz CT molecular complexity index is 398. The van der Waals surface area contributed by atoms with Crippen molar-refractivity contribution in [2.24, 2.45) is 0 Å². The third-order valence-corrected chi connectivity index (χ3v) is 2.89. The second-order valence-corrected chi connectivity index (χ2v) is 4.76. The van der Waals surface area contributed by atoms with Crippen molar-refractivity contribution in [2.45, 2.75) is 32.4 Å². The quantitative estimate of drug-likeness (QED) is 0.816. The number of rotatable bonds is 5. The Balaban J connectivity index is 2.75. The van der Waals surface area contributed by atoms with Crippen molar-refractivity contribution in [2.75, 3.05) is 14.2 Å². The van der Waals surface area contributed by atoms with Crippen LogP contribution in [0.1, 0.15) is 32.4 Å². The maximum absolute atomic E-state index is 11.6. The molecular formula is C14H21NO3. The van der Waals surface area contributed by atoms with Gasteiger partial charge >= 0.3 is 5.97 Å². The highest BCUT2D eigenvalue weighted by Crippen LogP contribution is 2.20. The van der Waals surface area contributed by atoms with Crippen LogP contribution in [-0.2, 0) is 9.53 Å². The zero-order valence-corrected chi connectivity index (χ0v) is 11.6. The van der Waals surface area contributed by atoms with E-state index in [4.69, 9.17) is 9.47 Å². The van der Waals surface area contributed by atoms with Gasteiger partial charge in [-0.2, -0.15) is 0 Å². The lowest BCUT2D eigenvalue weighted by Crippen LogP contribution is -2.48. The summed E-state index contributed by atoms with van der Waals surface area (Å²) in [5.41, 5.74) is 0.376. The number of hydrogen-bond donors (Lipinski definition) is 1. The second-order valence-electron chi connectivity index (χ2n) is 4.76. The standard InChI is InChI=1S/C14H21NO3/c1-10(15-14(2,3)13(16)18-5)11-6-8-12(17-4)9-7-11/h6-10,15H,1-5H3. The van der Waals surface area contributed by atoms with Crippen molar-refractivity contribution >= 4 is 5.97 Å². The van der Waals surface area contributed by atoms with E-state index in [1.165, 1.54) is 7.11 Å². The zero-order valence-electron chi connectivity index (χ0n) is 11.6. The molecule has 1 aromatic rings. The molecule has 0 spiro atoms. The van der Waals surface area contributed by atoms with Gasteiger partial charge in [-0.3, -0.25) is 10.1 Å². The molecule has 0 amide bonds. The largest absolute Gasteiger partial charge is 0.497 e. The molecule has 1 rings (SSSR count). The van der Waals surface area contributed by atoms with E-state index >= 15 is 0 Å². The average molecular weight is 251 g/mol. The van der Waals surface area contributed by atoms with Gasteiger partial charge < -0.3 is 9.47 Å². The Hall–Kier alpha value is -1.55. The predicted molar refractivity (Wildman–Crippen MR) is 70.6 cm³/mol. The first-order chi connectivity index (χ1) is 8.40. The molecular weight excluding hydrogens is 230 g/mol. The van der Waals surface area contributed by atoms with Gasteiger partial charge in [0.05, 0.1) is 14.2 Å². The molecule has 0 bridgehead atoms. The van der Waals surface area contributed by atoms with Crippen LogP contribution >= 0.6 is 0 Å². The number of methoxy groups -OCH3 is 2. The van der Waals surface area contributed by atoms with Gasteiger partial charge in [0.25, 0.3) is 0 Å². The molecule has 0 aliphatic rings. The predicted octanol–water partition coefficient (Wildman–Crippen LogP) is 2.30. The van der Waals surface area contributed by atoms with E-state index in [0.717, 1.165) is 11.3 Å². The van der Waals surface area contributed by atoms with Gasteiger partial charge in [0, 0.05) is 6.04 Å². The number of benzene rings is 1. The highest BCUT2D eigenvalue weighted by Gasteiger charge is 2.30. The van der Waals surface area contributed by atoms with E-state index in [1.54, 1.807) is 21.0 Å². The smallest absolute Gasteiger partial charge is 0.325 e. The fourth-order valence-corrected chi connectivity index (χ4v) is 1.83. The fraction of sp³-hybridized carbons (Fsp3) is 0.500. The third kappa shape index (κ3) is 3.47. The minimum absolute atomic E-state index is 0.0463. The van der Waals surface area contributed by atoms with E-state index in [2.05, 4.69) is 5.32 Å². The van der Waals surface area contributed by atoms with Gasteiger partial charge in [0.2, 0.25) is 0 Å². The molecule has 0 aromatic heterocycles. The Labute approximate surface area is 108 Å². The van der Waals surface area contributed by atoms with E-state index < -0.39 is 5.54 Å². The number of nitrogens with one attached hydrogen (secondary N) is 1. The van der Waals surface area contributed by atoms with Crippen molar-refractivity contribution in [1.29, 1.82) is 0 Å². The van der Waals surface area contributed by atoms with Crippen LogP contribution in [0.4, 0.5) is 0 Å². The van der Waals surface area contributed by atoms with Crippen molar-refractivity contribution < 1.29 is 14.3 Å². The summed E-state index contributed by atoms with van der Waals surface area (Å²) in [6.07, 6.45) is 0. The first kappa shape index (κ1) is 14.5. The van der Waals surface area contributed by atoms with Crippen molar-refractivity contribution in [3.8, 4) is 5.75 Å². The number of hydrogen-bond acceptors (Lipinski definition) is 4. The maximum Gasteiger partial charge on any atom is 0.325 e. The summed E-state index contributed by atoms with van der Waals surface area (Å²) in [6.45, 7) is 5.62. The van der Waals surface area contributed by atoms with Gasteiger partial charge in [-0.05, 0) is 38.5 Å². The van der Waals surface area contributed by atoms with E-state index in [0.29, 0.717) is 0 Å². The Kier molecular flexibility index (Phi) is 4.73. The molecule has 1 N–H and O–H groups in total. The van der Waals surface area contributed by atoms with Crippen molar-refractivity contribution in [3.63, 3.8) is 0 Å². The van der Waals surface area contributed by atoms with Crippen LogP contribution in [0.2, 0.25) is 0 Å². The SMILES string of the molecule is COC(=O)C(C)(C)NC(C)c1ccc(OC)cc1. The van der Waals surface area contributed by atoms with E-state index in [9.17, 15) is 4.79 Å². The van der Waals surface area contributed by atoms with Gasteiger partial charge in [0.1, 0.15) is 11.3 Å². The Morgan fingerprint density at radius 1 is 1.22 bits per heavy atom. The summed E-state index contributed by atoms with van der Waals surface area (Å²) in [5.74, 6) is 0.543. The molecule has 0 heterocycles. The monoisotopic (exact) mass is 251 g/mol. The molecule has 0 fully saturated rings. The molecule has 0 saturated heterocycles. The first-order valence-electron chi connectivity index (χ1n) is 5.90. The molecule has 1 atom stereocenters. The van der Waals surface area contributed by atoms with Gasteiger partial charge in [-0.25, -0.2) is 0 Å². The lowest BCUT2D eigenvalue weighted by molar-refractivity contribution is -0.147. The maximum atomic E-state index is 11.6. The summed E-state index contributed by atoms with van der Waals surface area (Å²) in [4.78, 5) is 11.6. The molecule has 100 valence electrons. The van der Waals surface area contributed by atoms with Crippen LogP contribution in [0.25, 0.3) is 0 Å². The van der Waals surface area contributed by atoms with Crippen LogP contribution in [-0.4, -0.2) is 25.7 Å². The highest BCUT2D eigenvalue weighted by atomic mass is 16.5. The lowest BCUT2D eigenvalue weighted by Gasteiger charge is -2.27. The number of carbonyl (C=O) groups is 1. The number of ether oxygens (including phenoxy) is 2. The van der Waals surface area contributed by atoms with Crippen LogP contribution in [0, 0.1) is 0 Å². The second kappa shape index (κ2) is 5.87. The van der Waals surface area contributed by atoms with Crippen LogP contribution in [0.3, 0.4) is 0 Å². The van der Waals surface area contributed by atoms with E-state index in [1.807, 2.05) is 31.2 Å². The lowest BCUT2D eigenvalue weighted by atomic mass is 10.0. The van der Waals surface area contributed by atoms with Crippen LogP contribution in [0.5, 0.6) is 5.75 Å². The molecule has 0 aliphatic heterocycles. The molecule has 1 aromatic carbocycles. The normalized spacial score (nSPS) is 12.9. The Morgan fingerprint density at radius 2 is 1.78 bits per heavy atom. The summed E-state index contributed by atoms with van der Waals surface area (Å²) in [5, 5.41) is 3.25.